The quantitative estimate of drug-likeness (QED) is 0.820. The Morgan fingerprint density at radius 1 is 1.30 bits per heavy atom. The number of ether oxygens (including phenoxy) is 1. The second kappa shape index (κ2) is 6.37. The van der Waals surface area contributed by atoms with Gasteiger partial charge in [0, 0.05) is 17.9 Å². The third-order valence-electron chi connectivity index (χ3n) is 2.71. The number of hydrogen-bond donors (Lipinski definition) is 1. The summed E-state index contributed by atoms with van der Waals surface area (Å²) in [6.07, 6.45) is 0.480. The van der Waals surface area contributed by atoms with Crippen LogP contribution < -0.4 is 0 Å². The molecule has 0 saturated heterocycles. The number of aliphatic carboxylic acids is 1. The normalized spacial score (nSPS) is 14.6. The first-order valence-electron chi connectivity index (χ1n) is 6.30. The number of carbonyl (C=O) groups is 2. The monoisotopic (exact) mass is 298 g/mol. The number of carboxylic acid groups (broad SMARTS) is 1. The van der Waals surface area contributed by atoms with E-state index in [4.69, 9.17) is 16.3 Å². The van der Waals surface area contributed by atoms with Gasteiger partial charge in [-0.15, -0.1) is 0 Å². The number of carbonyl (C=O) groups excluding carboxylic acids is 1. The molecule has 110 valence electrons. The van der Waals surface area contributed by atoms with Crippen molar-refractivity contribution in [3.63, 3.8) is 0 Å². The lowest BCUT2D eigenvalue weighted by Crippen LogP contribution is -2.49. The van der Waals surface area contributed by atoms with Gasteiger partial charge in [-0.25, -0.2) is 4.79 Å². The van der Waals surface area contributed by atoms with Gasteiger partial charge in [-0.3, -0.25) is 0 Å². The van der Waals surface area contributed by atoms with Gasteiger partial charge in [0.2, 0.25) is 0 Å². The molecule has 1 rings (SSSR count). The van der Waals surface area contributed by atoms with E-state index in [2.05, 4.69) is 0 Å². The highest BCUT2D eigenvalue weighted by Crippen LogP contribution is 2.28. The van der Waals surface area contributed by atoms with E-state index in [-0.39, 0.29) is 12.8 Å². The number of hydrogen-bond acceptors (Lipinski definition) is 3. The van der Waals surface area contributed by atoms with Crippen molar-refractivity contribution >= 4 is 23.9 Å². The standard InChI is InChI=1S/C15H19ClO4/c1-14(2,3)20-15(8-9-17,13(18)19)10-11-4-6-12(16)7-5-11/h4-7,9H,8,10H2,1-3H3,(H,18,19). The van der Waals surface area contributed by atoms with Crippen LogP contribution in [0.3, 0.4) is 0 Å². The minimum atomic E-state index is -1.56. The van der Waals surface area contributed by atoms with Crippen LogP contribution in [0.15, 0.2) is 24.3 Å². The molecule has 0 spiro atoms. The fourth-order valence-electron chi connectivity index (χ4n) is 2.01. The highest BCUT2D eigenvalue weighted by Gasteiger charge is 2.42. The maximum absolute atomic E-state index is 11.7. The third kappa shape index (κ3) is 4.62. The van der Waals surface area contributed by atoms with Crippen molar-refractivity contribution < 1.29 is 19.4 Å². The summed E-state index contributed by atoms with van der Waals surface area (Å²) in [5, 5.41) is 10.1. The Morgan fingerprint density at radius 2 is 1.85 bits per heavy atom. The van der Waals surface area contributed by atoms with Crippen LogP contribution in [-0.2, 0) is 20.7 Å². The van der Waals surface area contributed by atoms with Crippen LogP contribution in [0, 0.1) is 0 Å². The van der Waals surface area contributed by atoms with Crippen LogP contribution in [0.25, 0.3) is 0 Å². The predicted molar refractivity (Wildman–Crippen MR) is 77.0 cm³/mol. The smallest absolute Gasteiger partial charge is 0.336 e. The topological polar surface area (TPSA) is 63.6 Å². The third-order valence-corrected chi connectivity index (χ3v) is 2.96. The van der Waals surface area contributed by atoms with E-state index in [0.717, 1.165) is 5.56 Å². The summed E-state index contributed by atoms with van der Waals surface area (Å²) in [6, 6.07) is 6.83. The molecule has 1 atom stereocenters. The molecule has 0 bridgehead atoms. The van der Waals surface area contributed by atoms with E-state index in [1.165, 1.54) is 0 Å². The zero-order chi connectivity index (χ0) is 15.4. The Labute approximate surface area is 123 Å². The molecule has 1 aromatic carbocycles. The fraction of sp³-hybridized carbons (Fsp3) is 0.467. The van der Waals surface area contributed by atoms with Crippen LogP contribution in [0.5, 0.6) is 0 Å². The van der Waals surface area contributed by atoms with Gasteiger partial charge in [0.05, 0.1) is 5.60 Å². The molecule has 0 aliphatic heterocycles. The molecular formula is C15H19ClO4. The minimum absolute atomic E-state index is 0.107. The molecule has 0 fully saturated rings. The Hall–Kier alpha value is -1.39. The molecule has 0 aromatic heterocycles. The number of halogens is 1. The maximum Gasteiger partial charge on any atom is 0.336 e. The summed E-state index contributed by atoms with van der Waals surface area (Å²) in [4.78, 5) is 22.5. The van der Waals surface area contributed by atoms with Gasteiger partial charge in [0.25, 0.3) is 0 Å². The van der Waals surface area contributed by atoms with Gasteiger partial charge in [-0.2, -0.15) is 0 Å². The lowest BCUT2D eigenvalue weighted by atomic mass is 9.90. The van der Waals surface area contributed by atoms with Crippen molar-refractivity contribution in [2.45, 2.75) is 44.8 Å². The zero-order valence-corrected chi connectivity index (χ0v) is 12.6. The van der Waals surface area contributed by atoms with Crippen LogP contribution in [0.1, 0.15) is 32.8 Å². The second-order valence-electron chi connectivity index (χ2n) is 5.69. The average Bonchev–Trinajstić information content (AvgIpc) is 2.30. The molecular weight excluding hydrogens is 280 g/mol. The first-order valence-corrected chi connectivity index (χ1v) is 6.68. The van der Waals surface area contributed by atoms with Crippen LogP contribution in [0.4, 0.5) is 0 Å². The zero-order valence-electron chi connectivity index (χ0n) is 11.9. The van der Waals surface area contributed by atoms with Crippen LogP contribution in [0.2, 0.25) is 5.02 Å². The summed E-state index contributed by atoms with van der Waals surface area (Å²) < 4.78 is 5.70. The lowest BCUT2D eigenvalue weighted by Gasteiger charge is -2.35. The summed E-state index contributed by atoms with van der Waals surface area (Å²) >= 11 is 5.81. The summed E-state index contributed by atoms with van der Waals surface area (Å²) in [5.74, 6) is -1.14. The van der Waals surface area contributed by atoms with Gasteiger partial charge in [0.15, 0.2) is 5.60 Å². The van der Waals surface area contributed by atoms with Crippen molar-refractivity contribution in [1.29, 1.82) is 0 Å². The van der Waals surface area contributed by atoms with Crippen molar-refractivity contribution in [2.24, 2.45) is 0 Å². The maximum atomic E-state index is 11.7. The minimum Gasteiger partial charge on any atom is -0.479 e. The van der Waals surface area contributed by atoms with E-state index in [0.29, 0.717) is 11.3 Å². The molecule has 1 unspecified atom stereocenters. The van der Waals surface area contributed by atoms with Gasteiger partial charge >= 0.3 is 5.97 Å². The first kappa shape index (κ1) is 16.7. The fourth-order valence-corrected chi connectivity index (χ4v) is 2.14. The van der Waals surface area contributed by atoms with Crippen molar-refractivity contribution in [3.8, 4) is 0 Å². The second-order valence-corrected chi connectivity index (χ2v) is 6.12. The molecule has 1 N–H and O–H groups in total. The molecule has 0 radical (unpaired) electrons. The molecule has 1 aromatic rings. The molecule has 0 amide bonds. The average molecular weight is 299 g/mol. The highest BCUT2D eigenvalue weighted by molar-refractivity contribution is 6.30. The molecule has 0 aliphatic rings. The van der Waals surface area contributed by atoms with E-state index in [1.807, 2.05) is 0 Å². The predicted octanol–water partition coefficient (Wildman–Crippen LogP) is 3.11. The molecule has 20 heavy (non-hydrogen) atoms. The van der Waals surface area contributed by atoms with Gasteiger partial charge < -0.3 is 14.6 Å². The molecule has 4 nitrogen and oxygen atoms in total. The molecule has 0 saturated carbocycles. The largest absolute Gasteiger partial charge is 0.479 e. The van der Waals surface area contributed by atoms with E-state index >= 15 is 0 Å². The Balaban J connectivity index is 3.11. The molecule has 0 aliphatic carbocycles. The van der Waals surface area contributed by atoms with Gasteiger partial charge in [0.1, 0.15) is 6.29 Å². The summed E-state index contributed by atoms with van der Waals surface area (Å²) in [6.45, 7) is 5.28. The number of carboxylic acids is 1. The number of rotatable bonds is 6. The van der Waals surface area contributed by atoms with Crippen molar-refractivity contribution in [2.75, 3.05) is 0 Å². The van der Waals surface area contributed by atoms with Gasteiger partial charge in [-0.05, 0) is 38.5 Å². The lowest BCUT2D eigenvalue weighted by molar-refractivity contribution is -0.186. The van der Waals surface area contributed by atoms with Crippen molar-refractivity contribution in [3.05, 3.63) is 34.9 Å². The highest BCUT2D eigenvalue weighted by atomic mass is 35.5. The Bertz CT molecular complexity index is 476. The van der Waals surface area contributed by atoms with E-state index in [1.54, 1.807) is 45.0 Å². The summed E-state index contributed by atoms with van der Waals surface area (Å²) in [7, 11) is 0. The SMILES string of the molecule is CC(C)(C)OC(CC=O)(Cc1ccc(Cl)cc1)C(=O)O. The van der Waals surface area contributed by atoms with Gasteiger partial charge in [-0.1, -0.05) is 23.7 Å². The number of aldehydes is 1. The first-order chi connectivity index (χ1) is 9.18. The summed E-state index contributed by atoms with van der Waals surface area (Å²) in [5.41, 5.74) is -1.48. The van der Waals surface area contributed by atoms with E-state index in [9.17, 15) is 14.7 Å². The molecule has 5 heteroatoms. The Morgan fingerprint density at radius 3 is 2.25 bits per heavy atom. The van der Waals surface area contributed by atoms with E-state index < -0.39 is 17.2 Å². The van der Waals surface area contributed by atoms with Crippen LogP contribution >= 0.6 is 11.6 Å². The molecule has 0 heterocycles. The Kier molecular flexibility index (Phi) is 5.31. The number of benzene rings is 1. The van der Waals surface area contributed by atoms with Crippen LogP contribution in [-0.4, -0.2) is 28.6 Å². The van der Waals surface area contributed by atoms with Crippen molar-refractivity contribution in [1.82, 2.24) is 0 Å².